The molecule has 0 saturated heterocycles. The maximum absolute atomic E-state index is 8.25. The number of aliphatic imine (C=N–C) groups is 1. The number of hydrogen-bond acceptors (Lipinski definition) is 2. The minimum atomic E-state index is 0.562. The molecule has 3 nitrogen and oxygen atoms in total. The summed E-state index contributed by atoms with van der Waals surface area (Å²) in [5, 5.41) is 8.81. The zero-order chi connectivity index (χ0) is 8.97. The van der Waals surface area contributed by atoms with Gasteiger partial charge in [0.25, 0.3) is 0 Å². The Labute approximate surface area is 75.7 Å². The number of nitrogens with one attached hydrogen (secondary N) is 1. The van der Waals surface area contributed by atoms with E-state index in [1.54, 1.807) is 6.07 Å². The van der Waals surface area contributed by atoms with Crippen molar-refractivity contribution in [2.24, 2.45) is 4.99 Å². The number of nitrogens with zero attached hydrogens (tertiary/aromatic N) is 1. The Morgan fingerprint density at radius 3 is 3.00 bits per heavy atom. The maximum Gasteiger partial charge on any atom is 0.113 e. The molecule has 0 fully saturated rings. The summed E-state index contributed by atoms with van der Waals surface area (Å²) < 4.78 is 0. The fourth-order valence-corrected chi connectivity index (χ4v) is 0.986. The van der Waals surface area contributed by atoms with Crippen molar-refractivity contribution >= 4 is 23.6 Å². The van der Waals surface area contributed by atoms with Crippen molar-refractivity contribution < 1.29 is 5.21 Å². The van der Waals surface area contributed by atoms with Crippen LogP contribution in [0.1, 0.15) is 5.56 Å². The third-order valence-corrected chi connectivity index (χ3v) is 1.68. The molecule has 1 rings (SSSR count). The third-order valence-electron chi connectivity index (χ3n) is 1.36. The maximum atomic E-state index is 8.25. The van der Waals surface area contributed by atoms with Gasteiger partial charge in [-0.3, -0.25) is 10.7 Å². The molecule has 0 aliphatic carbocycles. The molecule has 0 bridgehead atoms. The normalized spacial score (nSPS) is 10.6. The quantitative estimate of drug-likeness (QED) is 0.421. The van der Waals surface area contributed by atoms with Crippen molar-refractivity contribution in [3.8, 4) is 0 Å². The highest BCUT2D eigenvalue weighted by atomic mass is 35.5. The van der Waals surface area contributed by atoms with Crippen molar-refractivity contribution in [3.63, 3.8) is 0 Å². The Balaban J connectivity index is 2.97. The zero-order valence-electron chi connectivity index (χ0n) is 6.58. The lowest BCUT2D eigenvalue weighted by molar-refractivity contribution is 0.240. The van der Waals surface area contributed by atoms with Gasteiger partial charge in [-0.25, -0.2) is 4.99 Å². The van der Waals surface area contributed by atoms with Crippen LogP contribution in [0.15, 0.2) is 23.2 Å². The smallest absolute Gasteiger partial charge is 0.113 e. The van der Waals surface area contributed by atoms with E-state index in [4.69, 9.17) is 16.8 Å². The number of benzene rings is 1. The molecule has 0 aliphatic heterocycles. The molecule has 0 heterocycles. The highest BCUT2D eigenvalue weighted by molar-refractivity contribution is 6.33. The Kier molecular flexibility index (Phi) is 3.08. The predicted molar refractivity (Wildman–Crippen MR) is 49.3 cm³/mol. The van der Waals surface area contributed by atoms with Gasteiger partial charge < -0.3 is 0 Å². The van der Waals surface area contributed by atoms with Gasteiger partial charge in [0.15, 0.2) is 0 Å². The van der Waals surface area contributed by atoms with Gasteiger partial charge in [0.1, 0.15) is 6.34 Å². The van der Waals surface area contributed by atoms with E-state index in [1.807, 2.05) is 24.5 Å². The fourth-order valence-electron chi connectivity index (χ4n) is 0.820. The second kappa shape index (κ2) is 4.09. The lowest BCUT2D eigenvalue weighted by Crippen LogP contribution is -2.00. The van der Waals surface area contributed by atoms with Crippen LogP contribution in [0.3, 0.4) is 0 Å². The predicted octanol–water partition coefficient (Wildman–Crippen LogP) is 2.29. The van der Waals surface area contributed by atoms with Crippen LogP contribution in [-0.2, 0) is 0 Å². The van der Waals surface area contributed by atoms with Crippen LogP contribution < -0.4 is 5.48 Å². The first-order valence-corrected chi connectivity index (χ1v) is 3.80. The van der Waals surface area contributed by atoms with Crippen LogP contribution in [-0.4, -0.2) is 11.5 Å². The van der Waals surface area contributed by atoms with E-state index < -0.39 is 0 Å². The van der Waals surface area contributed by atoms with Gasteiger partial charge in [-0.15, -0.1) is 0 Å². The van der Waals surface area contributed by atoms with E-state index in [9.17, 15) is 0 Å². The molecule has 0 aliphatic rings. The molecule has 0 spiro atoms. The van der Waals surface area contributed by atoms with Crippen LogP contribution in [0.2, 0.25) is 5.02 Å². The monoisotopic (exact) mass is 184 g/mol. The molecule has 0 unspecified atom stereocenters. The van der Waals surface area contributed by atoms with Crippen LogP contribution >= 0.6 is 11.6 Å². The summed E-state index contributed by atoms with van der Waals surface area (Å²) in [5.74, 6) is 0. The van der Waals surface area contributed by atoms with Crippen LogP contribution in [0.4, 0.5) is 5.69 Å². The van der Waals surface area contributed by atoms with E-state index in [2.05, 4.69) is 4.99 Å². The molecule has 12 heavy (non-hydrogen) atoms. The first-order valence-electron chi connectivity index (χ1n) is 3.42. The minimum Gasteiger partial charge on any atom is -0.290 e. The number of hydrogen-bond donors (Lipinski definition) is 2. The minimum absolute atomic E-state index is 0.562. The van der Waals surface area contributed by atoms with Crippen LogP contribution in [0.25, 0.3) is 0 Å². The molecular formula is C8H9ClN2O. The average Bonchev–Trinajstić information content (AvgIpc) is 2.07. The van der Waals surface area contributed by atoms with Gasteiger partial charge in [-0.1, -0.05) is 17.7 Å². The average molecular weight is 185 g/mol. The number of aryl methyl sites for hydroxylation is 1. The Hall–Kier alpha value is -1.06. The molecule has 0 saturated carbocycles. The van der Waals surface area contributed by atoms with Crippen LogP contribution in [0.5, 0.6) is 0 Å². The van der Waals surface area contributed by atoms with Gasteiger partial charge in [0, 0.05) is 0 Å². The van der Waals surface area contributed by atoms with Crippen molar-refractivity contribution in [1.82, 2.24) is 5.48 Å². The van der Waals surface area contributed by atoms with Gasteiger partial charge in [0.05, 0.1) is 10.7 Å². The van der Waals surface area contributed by atoms with E-state index in [1.165, 1.54) is 6.34 Å². The summed E-state index contributed by atoms with van der Waals surface area (Å²) in [6.07, 6.45) is 1.17. The molecule has 0 radical (unpaired) electrons. The fraction of sp³-hybridized carbons (Fsp3) is 0.125. The van der Waals surface area contributed by atoms with Crippen molar-refractivity contribution in [2.75, 3.05) is 0 Å². The third kappa shape index (κ3) is 2.22. The first-order chi connectivity index (χ1) is 5.74. The van der Waals surface area contributed by atoms with Crippen molar-refractivity contribution in [1.29, 1.82) is 0 Å². The standard InChI is InChI=1S/C8H9ClN2O/c1-6-2-3-7(9)8(4-6)10-5-11-12/h2-5,12H,1H3,(H,10,11). The van der Waals surface area contributed by atoms with Crippen molar-refractivity contribution in [2.45, 2.75) is 6.92 Å². The van der Waals surface area contributed by atoms with Gasteiger partial charge >= 0.3 is 0 Å². The topological polar surface area (TPSA) is 44.6 Å². The van der Waals surface area contributed by atoms with Gasteiger partial charge in [0.2, 0.25) is 0 Å². The molecular weight excluding hydrogens is 176 g/mol. The number of hydroxylamine groups is 1. The van der Waals surface area contributed by atoms with Gasteiger partial charge in [-0.05, 0) is 24.6 Å². The molecule has 1 aromatic rings. The van der Waals surface area contributed by atoms with Crippen LogP contribution in [0, 0.1) is 6.92 Å². The highest BCUT2D eigenvalue weighted by Gasteiger charge is 1.96. The lowest BCUT2D eigenvalue weighted by Gasteiger charge is -1.98. The molecule has 0 amide bonds. The van der Waals surface area contributed by atoms with E-state index >= 15 is 0 Å². The summed E-state index contributed by atoms with van der Waals surface area (Å²) in [7, 11) is 0. The second-order valence-electron chi connectivity index (χ2n) is 2.34. The first kappa shape index (κ1) is 9.03. The van der Waals surface area contributed by atoms with E-state index in [0.717, 1.165) is 5.56 Å². The SMILES string of the molecule is Cc1ccc(Cl)c(N=CNO)c1. The number of halogens is 1. The van der Waals surface area contributed by atoms with Gasteiger partial charge in [-0.2, -0.15) is 0 Å². The number of rotatable bonds is 2. The molecule has 1 aromatic carbocycles. The molecule has 0 atom stereocenters. The second-order valence-corrected chi connectivity index (χ2v) is 2.75. The highest BCUT2D eigenvalue weighted by Crippen LogP contribution is 2.24. The summed E-state index contributed by atoms with van der Waals surface area (Å²) in [6, 6.07) is 5.49. The summed E-state index contributed by atoms with van der Waals surface area (Å²) >= 11 is 5.81. The molecule has 4 heteroatoms. The largest absolute Gasteiger partial charge is 0.290 e. The lowest BCUT2D eigenvalue weighted by atomic mass is 10.2. The molecule has 64 valence electrons. The van der Waals surface area contributed by atoms with E-state index in [0.29, 0.717) is 10.7 Å². The van der Waals surface area contributed by atoms with Crippen molar-refractivity contribution in [3.05, 3.63) is 28.8 Å². The molecule has 0 aromatic heterocycles. The summed E-state index contributed by atoms with van der Waals surface area (Å²) in [4.78, 5) is 3.87. The zero-order valence-corrected chi connectivity index (χ0v) is 7.34. The molecule has 2 N–H and O–H groups in total. The summed E-state index contributed by atoms with van der Waals surface area (Å²) in [5.41, 5.74) is 3.52. The Morgan fingerprint density at radius 1 is 1.58 bits per heavy atom. The Bertz CT molecular complexity index is 299. The van der Waals surface area contributed by atoms with E-state index in [-0.39, 0.29) is 0 Å². The Morgan fingerprint density at radius 2 is 2.33 bits per heavy atom. The summed E-state index contributed by atoms with van der Waals surface area (Å²) in [6.45, 7) is 1.95.